The van der Waals surface area contributed by atoms with Gasteiger partial charge in [0.15, 0.2) is 0 Å². The van der Waals surface area contributed by atoms with E-state index in [1.165, 1.54) is 18.3 Å². The summed E-state index contributed by atoms with van der Waals surface area (Å²) < 4.78 is 27.1. The number of carbonyl (C=O) groups is 1. The molecule has 108 valence electrons. The van der Waals surface area contributed by atoms with Crippen molar-refractivity contribution in [2.45, 2.75) is 17.8 Å². The lowest BCUT2D eigenvalue weighted by Crippen LogP contribution is -2.22. The smallest absolute Gasteiger partial charge is 0.270 e. The monoisotopic (exact) mass is 396 g/mol. The zero-order valence-corrected chi connectivity index (χ0v) is 14.1. The van der Waals surface area contributed by atoms with E-state index in [2.05, 4.69) is 36.2 Å². The van der Waals surface area contributed by atoms with Gasteiger partial charge in [-0.25, -0.2) is 13.1 Å². The van der Waals surface area contributed by atoms with E-state index in [4.69, 9.17) is 0 Å². The van der Waals surface area contributed by atoms with Gasteiger partial charge in [-0.05, 0) is 28.1 Å². The molecule has 11 heteroatoms. The predicted molar refractivity (Wildman–Crippen MR) is 80.3 cm³/mol. The lowest BCUT2D eigenvalue weighted by Gasteiger charge is -2.00. The molecule has 0 fully saturated rings. The molecule has 1 amide bonds. The molecule has 2 aromatic heterocycles. The molecule has 7 nitrogen and oxygen atoms in total. The molecule has 0 bridgehead atoms. The highest BCUT2D eigenvalue weighted by atomic mass is 79.9. The number of anilines is 1. The second-order valence-electron chi connectivity index (χ2n) is 3.58. The summed E-state index contributed by atoms with van der Waals surface area (Å²) in [4.78, 5) is 11.7. The van der Waals surface area contributed by atoms with Crippen LogP contribution in [0.1, 0.15) is 11.8 Å². The fourth-order valence-corrected chi connectivity index (χ4v) is 4.70. The maximum atomic E-state index is 12.0. The first-order valence-electron chi connectivity index (χ1n) is 5.22. The van der Waals surface area contributed by atoms with Crippen LogP contribution in [-0.4, -0.2) is 24.5 Å². The van der Waals surface area contributed by atoms with Crippen LogP contribution < -0.4 is 10.0 Å². The Morgan fingerprint density at radius 2 is 2.10 bits per heavy atom. The maximum Gasteiger partial charge on any atom is 0.270 e. The zero-order chi connectivity index (χ0) is 14.8. The number of nitrogens with zero attached hydrogens (tertiary/aromatic N) is 2. The third-order valence-electron chi connectivity index (χ3n) is 1.98. The van der Waals surface area contributed by atoms with Gasteiger partial charge in [0, 0.05) is 18.3 Å². The van der Waals surface area contributed by atoms with Gasteiger partial charge in [-0.15, -0.1) is 21.5 Å². The van der Waals surface area contributed by atoms with E-state index in [-0.39, 0.29) is 21.9 Å². The minimum Gasteiger partial charge on any atom is -0.301 e. The van der Waals surface area contributed by atoms with Gasteiger partial charge >= 0.3 is 0 Å². The lowest BCUT2D eigenvalue weighted by molar-refractivity contribution is -0.114. The predicted octanol–water partition coefficient (Wildman–Crippen LogP) is 1.80. The number of rotatable bonds is 5. The van der Waals surface area contributed by atoms with Crippen LogP contribution in [0.4, 0.5) is 5.13 Å². The second kappa shape index (κ2) is 6.26. The number of halogens is 1. The van der Waals surface area contributed by atoms with Crippen molar-refractivity contribution in [1.29, 1.82) is 0 Å². The van der Waals surface area contributed by atoms with Crippen LogP contribution in [-0.2, 0) is 21.4 Å². The van der Waals surface area contributed by atoms with E-state index in [0.717, 1.165) is 20.0 Å². The van der Waals surface area contributed by atoms with Crippen LogP contribution in [0.25, 0.3) is 0 Å². The first-order valence-corrected chi connectivity index (χ1v) is 9.13. The lowest BCUT2D eigenvalue weighted by atomic mass is 10.5. The number of hydrogen-bond donors (Lipinski definition) is 2. The van der Waals surface area contributed by atoms with Crippen LogP contribution in [0.15, 0.2) is 20.3 Å². The van der Waals surface area contributed by atoms with Gasteiger partial charge in [-0.1, -0.05) is 11.3 Å². The summed E-state index contributed by atoms with van der Waals surface area (Å²) in [6, 6.07) is 3.66. The quantitative estimate of drug-likeness (QED) is 0.750. The Morgan fingerprint density at radius 1 is 1.35 bits per heavy atom. The number of sulfonamides is 1. The highest BCUT2D eigenvalue weighted by Crippen LogP contribution is 2.23. The molecule has 0 radical (unpaired) electrons. The molecule has 0 aliphatic rings. The Bertz CT molecular complexity index is 724. The van der Waals surface area contributed by atoms with Gasteiger partial charge in [0.2, 0.25) is 15.4 Å². The van der Waals surface area contributed by atoms with Crippen molar-refractivity contribution in [2.75, 3.05) is 5.32 Å². The summed E-state index contributed by atoms with van der Waals surface area (Å²) in [6.45, 7) is 1.48. The van der Waals surface area contributed by atoms with Crippen molar-refractivity contribution < 1.29 is 13.2 Å². The van der Waals surface area contributed by atoms with Crippen LogP contribution in [0.2, 0.25) is 0 Å². The topological polar surface area (TPSA) is 101 Å². The summed E-state index contributed by atoms with van der Waals surface area (Å²) >= 11 is 5.54. The summed E-state index contributed by atoms with van der Waals surface area (Å²) in [5.41, 5.74) is 0. The van der Waals surface area contributed by atoms with Crippen molar-refractivity contribution in [2.24, 2.45) is 0 Å². The molecule has 2 rings (SSSR count). The Kier molecular flexibility index (Phi) is 4.86. The fourth-order valence-electron chi connectivity index (χ4n) is 1.19. The molecule has 0 atom stereocenters. The Hall–Kier alpha value is -0.880. The molecule has 0 aliphatic carbocycles. The molecule has 2 aromatic rings. The van der Waals surface area contributed by atoms with E-state index in [1.54, 1.807) is 0 Å². The molecule has 0 saturated carbocycles. The number of amides is 1. The molecule has 2 N–H and O–H groups in total. The largest absolute Gasteiger partial charge is 0.301 e. The van der Waals surface area contributed by atoms with Gasteiger partial charge in [0.25, 0.3) is 10.0 Å². The SMILES string of the molecule is CC(=O)Nc1nnc(S(=O)(=O)NCc2ccc(Br)s2)s1. The van der Waals surface area contributed by atoms with Crippen LogP contribution in [0.5, 0.6) is 0 Å². The number of carbonyl (C=O) groups excluding carboxylic acids is 1. The standard InChI is InChI=1S/C9H9BrN4O3S3/c1-5(15)12-8-13-14-9(19-8)20(16,17)11-4-6-2-3-7(10)18-6/h2-3,11H,4H2,1H3,(H,12,13,15). The fraction of sp³-hybridized carbons (Fsp3) is 0.222. The minimum atomic E-state index is -3.73. The van der Waals surface area contributed by atoms with Crippen LogP contribution in [0.3, 0.4) is 0 Å². The molecule has 2 heterocycles. The average Bonchev–Trinajstić information content (AvgIpc) is 2.95. The van der Waals surface area contributed by atoms with Crippen LogP contribution >= 0.6 is 38.6 Å². The molecule has 0 saturated heterocycles. The normalized spacial score (nSPS) is 11.5. The summed E-state index contributed by atoms with van der Waals surface area (Å²) in [7, 11) is -3.73. The van der Waals surface area contributed by atoms with Crippen molar-refractivity contribution in [3.05, 3.63) is 20.8 Å². The summed E-state index contributed by atoms with van der Waals surface area (Å²) in [5.74, 6) is -0.332. The molecule has 0 spiro atoms. The molecule has 0 unspecified atom stereocenters. The number of aromatic nitrogens is 2. The highest BCUT2D eigenvalue weighted by molar-refractivity contribution is 9.11. The molecular weight excluding hydrogens is 388 g/mol. The van der Waals surface area contributed by atoms with E-state index >= 15 is 0 Å². The third kappa shape index (κ3) is 4.06. The van der Waals surface area contributed by atoms with Gasteiger partial charge in [0.05, 0.1) is 3.79 Å². The zero-order valence-electron chi connectivity index (χ0n) is 10.1. The molecular formula is C9H9BrN4O3S3. The molecule has 0 aromatic carbocycles. The molecule has 0 aliphatic heterocycles. The van der Waals surface area contributed by atoms with Gasteiger partial charge < -0.3 is 5.32 Å². The van der Waals surface area contributed by atoms with Crippen LogP contribution in [0, 0.1) is 0 Å². The van der Waals surface area contributed by atoms with E-state index in [1.807, 2.05) is 12.1 Å². The van der Waals surface area contributed by atoms with E-state index in [9.17, 15) is 13.2 Å². The maximum absolute atomic E-state index is 12.0. The first kappa shape index (κ1) is 15.5. The summed E-state index contributed by atoms with van der Waals surface area (Å²) in [5, 5.41) is 9.68. The van der Waals surface area contributed by atoms with Crippen molar-refractivity contribution >= 4 is 59.7 Å². The number of thiophene rings is 1. The van der Waals surface area contributed by atoms with E-state index < -0.39 is 10.0 Å². The minimum absolute atomic E-state index is 0.150. The number of hydrogen-bond acceptors (Lipinski definition) is 7. The van der Waals surface area contributed by atoms with Gasteiger partial charge in [0.1, 0.15) is 0 Å². The Morgan fingerprint density at radius 3 is 2.70 bits per heavy atom. The van der Waals surface area contributed by atoms with Gasteiger partial charge in [-0.3, -0.25) is 4.79 Å². The van der Waals surface area contributed by atoms with E-state index in [0.29, 0.717) is 0 Å². The first-order chi connectivity index (χ1) is 9.37. The molecule has 20 heavy (non-hydrogen) atoms. The third-order valence-corrected chi connectivity index (χ3v) is 6.22. The van der Waals surface area contributed by atoms with Crippen molar-refractivity contribution in [3.8, 4) is 0 Å². The second-order valence-corrected chi connectivity index (χ2v) is 9.05. The van der Waals surface area contributed by atoms with Crippen molar-refractivity contribution in [1.82, 2.24) is 14.9 Å². The number of nitrogens with one attached hydrogen (secondary N) is 2. The Balaban J connectivity index is 2.06. The average molecular weight is 397 g/mol. The summed E-state index contributed by atoms with van der Waals surface area (Å²) in [6.07, 6.45) is 0. The highest BCUT2D eigenvalue weighted by Gasteiger charge is 2.20. The van der Waals surface area contributed by atoms with Crippen molar-refractivity contribution in [3.63, 3.8) is 0 Å². The van der Waals surface area contributed by atoms with Gasteiger partial charge in [-0.2, -0.15) is 0 Å². The Labute approximate surface area is 131 Å².